The fraction of sp³-hybridized carbons (Fsp3) is 0.706. The summed E-state index contributed by atoms with van der Waals surface area (Å²) in [5.74, 6) is 1.06. The summed E-state index contributed by atoms with van der Waals surface area (Å²) in [7, 11) is 1.81. The summed E-state index contributed by atoms with van der Waals surface area (Å²) in [6.45, 7) is 11.5. The van der Waals surface area contributed by atoms with Gasteiger partial charge >= 0.3 is 0 Å². The molecule has 0 bridgehead atoms. The molecule has 1 saturated heterocycles. The predicted octanol–water partition coefficient (Wildman–Crippen LogP) is 2.98. The lowest BCUT2D eigenvalue weighted by Crippen LogP contribution is -2.47. The highest BCUT2D eigenvalue weighted by molar-refractivity contribution is 5.40. The van der Waals surface area contributed by atoms with Crippen LogP contribution in [0.15, 0.2) is 18.2 Å². The van der Waals surface area contributed by atoms with Crippen molar-refractivity contribution in [3.63, 3.8) is 0 Å². The Hall–Kier alpha value is -1.13. The lowest BCUT2D eigenvalue weighted by molar-refractivity contribution is -0.00482. The molecule has 1 aliphatic rings. The number of methoxy groups -OCH3 is 1. The number of rotatable bonds is 4. The van der Waals surface area contributed by atoms with E-state index in [1.54, 1.807) is 7.11 Å². The van der Waals surface area contributed by atoms with E-state index < -0.39 is 0 Å². The van der Waals surface area contributed by atoms with Crippen LogP contribution in [0.25, 0.3) is 0 Å². The molecule has 118 valence electrons. The summed E-state index contributed by atoms with van der Waals surface area (Å²) in [5, 5.41) is 3.49. The van der Waals surface area contributed by atoms with Gasteiger partial charge in [-0.25, -0.2) is 4.98 Å². The highest BCUT2D eigenvalue weighted by atomic mass is 16.5. The molecule has 4 heteroatoms. The number of nitrogens with zero attached hydrogens (tertiary/aromatic N) is 2. The van der Waals surface area contributed by atoms with Gasteiger partial charge in [0, 0.05) is 32.3 Å². The molecule has 21 heavy (non-hydrogen) atoms. The molecule has 1 aliphatic heterocycles. The summed E-state index contributed by atoms with van der Waals surface area (Å²) >= 11 is 0. The van der Waals surface area contributed by atoms with Gasteiger partial charge in [-0.1, -0.05) is 6.07 Å². The summed E-state index contributed by atoms with van der Waals surface area (Å²) < 4.78 is 5.67. The largest absolute Gasteiger partial charge is 0.377 e. The minimum atomic E-state index is -0.0560. The average molecular weight is 291 g/mol. The maximum Gasteiger partial charge on any atom is 0.128 e. The first-order valence-corrected chi connectivity index (χ1v) is 7.82. The molecule has 0 saturated carbocycles. The molecular formula is C17H29N3O. The molecule has 0 aromatic carbocycles. The summed E-state index contributed by atoms with van der Waals surface area (Å²) in [4.78, 5) is 7.15. The second-order valence-corrected chi connectivity index (χ2v) is 7.27. The number of piperidine rings is 1. The maximum atomic E-state index is 5.67. The molecule has 1 unspecified atom stereocenters. The van der Waals surface area contributed by atoms with Crippen molar-refractivity contribution in [2.45, 2.75) is 58.2 Å². The van der Waals surface area contributed by atoms with Crippen LogP contribution in [-0.4, -0.2) is 36.3 Å². The van der Waals surface area contributed by atoms with Crippen LogP contribution in [0.5, 0.6) is 0 Å². The monoisotopic (exact) mass is 291 g/mol. The standard InChI is InChI=1S/C17H29N3O/c1-16(2,3)18-12-14-8-6-9-15(19-14)20-11-7-10-17(4,13-20)21-5/h6,8-9,18H,7,10-13H2,1-5H3. The smallest absolute Gasteiger partial charge is 0.128 e. The first kappa shape index (κ1) is 16.2. The van der Waals surface area contributed by atoms with Crippen molar-refractivity contribution in [1.82, 2.24) is 10.3 Å². The number of anilines is 1. The van der Waals surface area contributed by atoms with E-state index in [9.17, 15) is 0 Å². The van der Waals surface area contributed by atoms with Crippen molar-refractivity contribution in [2.75, 3.05) is 25.1 Å². The Morgan fingerprint density at radius 3 is 2.81 bits per heavy atom. The maximum absolute atomic E-state index is 5.67. The van der Waals surface area contributed by atoms with Gasteiger partial charge in [0.2, 0.25) is 0 Å². The predicted molar refractivity (Wildman–Crippen MR) is 87.7 cm³/mol. The van der Waals surface area contributed by atoms with Crippen LogP contribution in [0, 0.1) is 0 Å². The number of ether oxygens (including phenoxy) is 1. The van der Waals surface area contributed by atoms with E-state index in [-0.39, 0.29) is 11.1 Å². The Balaban J connectivity index is 2.06. The molecular weight excluding hydrogens is 262 g/mol. The van der Waals surface area contributed by atoms with E-state index >= 15 is 0 Å². The third kappa shape index (κ3) is 4.68. The zero-order valence-electron chi connectivity index (χ0n) is 14.1. The first-order chi connectivity index (χ1) is 9.81. The fourth-order valence-electron chi connectivity index (χ4n) is 2.67. The van der Waals surface area contributed by atoms with Gasteiger partial charge in [-0.05, 0) is 52.7 Å². The Morgan fingerprint density at radius 1 is 1.38 bits per heavy atom. The Morgan fingerprint density at radius 2 is 2.14 bits per heavy atom. The Kier molecular flexibility index (Phi) is 4.89. The van der Waals surface area contributed by atoms with E-state index in [0.29, 0.717) is 0 Å². The van der Waals surface area contributed by atoms with Gasteiger partial charge in [0.25, 0.3) is 0 Å². The second kappa shape index (κ2) is 6.32. The molecule has 1 fully saturated rings. The molecule has 2 heterocycles. The molecule has 1 aromatic heterocycles. The lowest BCUT2D eigenvalue weighted by atomic mass is 9.95. The summed E-state index contributed by atoms with van der Waals surface area (Å²) in [6, 6.07) is 6.28. The van der Waals surface area contributed by atoms with Crippen LogP contribution in [0.2, 0.25) is 0 Å². The number of aromatic nitrogens is 1. The number of nitrogens with one attached hydrogen (secondary N) is 1. The topological polar surface area (TPSA) is 37.4 Å². The Labute approximate surface area is 128 Å². The van der Waals surface area contributed by atoms with Crippen molar-refractivity contribution in [2.24, 2.45) is 0 Å². The van der Waals surface area contributed by atoms with Gasteiger partial charge in [0.05, 0.1) is 11.3 Å². The third-order valence-corrected chi connectivity index (χ3v) is 4.07. The molecule has 1 aromatic rings. The quantitative estimate of drug-likeness (QED) is 0.925. The van der Waals surface area contributed by atoms with Gasteiger partial charge in [-0.15, -0.1) is 0 Å². The molecule has 0 amide bonds. The normalized spacial score (nSPS) is 23.4. The summed E-state index contributed by atoms with van der Waals surface area (Å²) in [5.41, 5.74) is 1.14. The third-order valence-electron chi connectivity index (χ3n) is 4.07. The zero-order chi connectivity index (χ0) is 15.5. The molecule has 0 radical (unpaired) electrons. The number of pyridine rings is 1. The van der Waals surface area contributed by atoms with E-state index in [1.807, 2.05) is 0 Å². The van der Waals surface area contributed by atoms with Gasteiger partial charge in [-0.2, -0.15) is 0 Å². The van der Waals surface area contributed by atoms with E-state index in [1.165, 1.54) is 0 Å². The van der Waals surface area contributed by atoms with E-state index in [2.05, 4.69) is 56.1 Å². The summed E-state index contributed by atoms with van der Waals surface area (Å²) in [6.07, 6.45) is 2.27. The minimum Gasteiger partial charge on any atom is -0.377 e. The number of hydrogen-bond acceptors (Lipinski definition) is 4. The second-order valence-electron chi connectivity index (χ2n) is 7.27. The zero-order valence-corrected chi connectivity index (χ0v) is 14.1. The van der Waals surface area contributed by atoms with Crippen molar-refractivity contribution in [3.05, 3.63) is 23.9 Å². The highest BCUT2D eigenvalue weighted by Crippen LogP contribution is 2.27. The van der Waals surface area contributed by atoms with Gasteiger partial charge in [0.15, 0.2) is 0 Å². The SMILES string of the molecule is COC1(C)CCCN(c2cccc(CNC(C)(C)C)n2)C1. The van der Waals surface area contributed by atoms with Crippen molar-refractivity contribution in [3.8, 4) is 0 Å². The molecule has 1 atom stereocenters. The molecule has 0 aliphatic carbocycles. The van der Waals surface area contributed by atoms with E-state index in [4.69, 9.17) is 9.72 Å². The van der Waals surface area contributed by atoms with Crippen molar-refractivity contribution in [1.29, 1.82) is 0 Å². The number of hydrogen-bond donors (Lipinski definition) is 1. The molecule has 0 spiro atoms. The lowest BCUT2D eigenvalue weighted by Gasteiger charge is -2.40. The van der Waals surface area contributed by atoms with Crippen LogP contribution >= 0.6 is 0 Å². The average Bonchev–Trinajstić information content (AvgIpc) is 2.45. The van der Waals surface area contributed by atoms with Gasteiger partial charge in [0.1, 0.15) is 5.82 Å². The minimum absolute atomic E-state index is 0.0560. The van der Waals surface area contributed by atoms with Crippen LogP contribution in [0.1, 0.15) is 46.2 Å². The fourth-order valence-corrected chi connectivity index (χ4v) is 2.67. The van der Waals surface area contributed by atoms with Crippen LogP contribution in [0.4, 0.5) is 5.82 Å². The van der Waals surface area contributed by atoms with Crippen LogP contribution in [-0.2, 0) is 11.3 Å². The molecule has 2 rings (SSSR count). The van der Waals surface area contributed by atoms with Crippen molar-refractivity contribution >= 4 is 5.82 Å². The van der Waals surface area contributed by atoms with Crippen LogP contribution in [0.3, 0.4) is 0 Å². The van der Waals surface area contributed by atoms with Crippen molar-refractivity contribution < 1.29 is 4.74 Å². The van der Waals surface area contributed by atoms with Crippen LogP contribution < -0.4 is 10.2 Å². The van der Waals surface area contributed by atoms with Gasteiger partial charge < -0.3 is 15.0 Å². The highest BCUT2D eigenvalue weighted by Gasteiger charge is 2.31. The Bertz CT molecular complexity index is 469. The first-order valence-electron chi connectivity index (χ1n) is 7.82. The molecule has 1 N–H and O–H groups in total. The molecule has 4 nitrogen and oxygen atoms in total. The van der Waals surface area contributed by atoms with E-state index in [0.717, 1.165) is 44.0 Å². The van der Waals surface area contributed by atoms with Gasteiger partial charge in [-0.3, -0.25) is 0 Å².